The smallest absolute Gasteiger partial charge is 0.306 e. The van der Waals surface area contributed by atoms with Gasteiger partial charge >= 0.3 is 5.97 Å². The van der Waals surface area contributed by atoms with Crippen LogP contribution in [0.15, 0.2) is 0 Å². The molecule has 2 aliphatic rings. The summed E-state index contributed by atoms with van der Waals surface area (Å²) in [5, 5.41) is 8.73. The van der Waals surface area contributed by atoms with Crippen molar-refractivity contribution in [2.75, 3.05) is 32.8 Å². The first kappa shape index (κ1) is 9.93. The number of ether oxygens (including phenoxy) is 1. The van der Waals surface area contributed by atoms with Crippen molar-refractivity contribution in [3.05, 3.63) is 0 Å². The molecule has 0 aromatic heterocycles. The van der Waals surface area contributed by atoms with Crippen molar-refractivity contribution in [2.45, 2.75) is 12.8 Å². The number of carbonyl (C=O) groups is 1. The summed E-state index contributed by atoms with van der Waals surface area (Å²) in [4.78, 5) is 13.0. The van der Waals surface area contributed by atoms with Crippen molar-refractivity contribution in [1.82, 2.24) is 4.90 Å². The molecule has 1 aliphatic carbocycles. The van der Waals surface area contributed by atoms with Crippen LogP contribution in [0.4, 0.5) is 0 Å². The van der Waals surface area contributed by atoms with Gasteiger partial charge in [0.25, 0.3) is 0 Å². The second-order valence-electron chi connectivity index (χ2n) is 4.18. The van der Waals surface area contributed by atoms with Gasteiger partial charge in [0.05, 0.1) is 19.1 Å². The third kappa shape index (κ3) is 2.45. The Kier molecular flexibility index (Phi) is 3.03. The highest BCUT2D eigenvalue weighted by atomic mass is 16.5. The Bertz CT molecular complexity index is 213. The van der Waals surface area contributed by atoms with Crippen molar-refractivity contribution < 1.29 is 14.6 Å². The molecule has 14 heavy (non-hydrogen) atoms. The molecule has 4 nitrogen and oxygen atoms in total. The van der Waals surface area contributed by atoms with Gasteiger partial charge in [0, 0.05) is 13.1 Å². The van der Waals surface area contributed by atoms with Crippen LogP contribution < -0.4 is 0 Å². The van der Waals surface area contributed by atoms with Crippen molar-refractivity contribution in [2.24, 2.45) is 11.8 Å². The number of hydrogen-bond acceptors (Lipinski definition) is 3. The Morgan fingerprint density at radius 1 is 1.43 bits per heavy atom. The van der Waals surface area contributed by atoms with E-state index in [1.54, 1.807) is 0 Å². The number of carboxylic acid groups (broad SMARTS) is 1. The van der Waals surface area contributed by atoms with Crippen LogP contribution in [0.5, 0.6) is 0 Å². The molecule has 1 saturated heterocycles. The average Bonchev–Trinajstić information content (AvgIpc) is 2.96. The second-order valence-corrected chi connectivity index (χ2v) is 4.18. The van der Waals surface area contributed by atoms with Gasteiger partial charge in [-0.2, -0.15) is 0 Å². The molecule has 0 amide bonds. The number of carboxylic acids is 1. The molecule has 0 aromatic rings. The number of rotatable bonds is 4. The van der Waals surface area contributed by atoms with Crippen LogP contribution in [-0.2, 0) is 9.53 Å². The summed E-state index contributed by atoms with van der Waals surface area (Å²) in [6.45, 7) is 4.70. The van der Waals surface area contributed by atoms with Gasteiger partial charge in [0.1, 0.15) is 0 Å². The Labute approximate surface area is 83.8 Å². The van der Waals surface area contributed by atoms with Gasteiger partial charge in [0.15, 0.2) is 0 Å². The van der Waals surface area contributed by atoms with Crippen LogP contribution in [0.1, 0.15) is 12.8 Å². The third-order valence-corrected chi connectivity index (χ3v) is 3.16. The summed E-state index contributed by atoms with van der Waals surface area (Å²) in [5.41, 5.74) is 0. The molecule has 80 valence electrons. The second kappa shape index (κ2) is 4.28. The minimum atomic E-state index is -0.614. The quantitative estimate of drug-likeness (QED) is 0.713. The third-order valence-electron chi connectivity index (χ3n) is 3.16. The summed E-state index contributed by atoms with van der Waals surface area (Å²) in [6.07, 6.45) is 1.93. The van der Waals surface area contributed by atoms with E-state index < -0.39 is 5.97 Å². The van der Waals surface area contributed by atoms with Gasteiger partial charge in [0.2, 0.25) is 0 Å². The maximum atomic E-state index is 10.6. The molecule has 1 aliphatic heterocycles. The lowest BCUT2D eigenvalue weighted by atomic mass is 10.2. The summed E-state index contributed by atoms with van der Waals surface area (Å²) in [7, 11) is 0. The van der Waals surface area contributed by atoms with E-state index in [0.717, 1.165) is 45.7 Å². The highest BCUT2D eigenvalue weighted by molar-refractivity contribution is 5.73. The van der Waals surface area contributed by atoms with Crippen molar-refractivity contribution in [3.63, 3.8) is 0 Å². The number of morpholine rings is 1. The van der Waals surface area contributed by atoms with Crippen LogP contribution in [0.3, 0.4) is 0 Å². The monoisotopic (exact) mass is 199 g/mol. The Balaban J connectivity index is 1.61. The summed E-state index contributed by atoms with van der Waals surface area (Å²) >= 11 is 0. The molecule has 0 aromatic carbocycles. The zero-order valence-electron chi connectivity index (χ0n) is 8.32. The van der Waals surface area contributed by atoms with Crippen LogP contribution in [-0.4, -0.2) is 48.8 Å². The van der Waals surface area contributed by atoms with Crippen LogP contribution >= 0.6 is 0 Å². The highest BCUT2D eigenvalue weighted by Gasteiger charge is 2.42. The van der Waals surface area contributed by atoms with E-state index in [2.05, 4.69) is 4.90 Å². The minimum absolute atomic E-state index is 0.0453. The fraction of sp³-hybridized carbons (Fsp3) is 0.900. The molecule has 0 radical (unpaired) electrons. The van der Waals surface area contributed by atoms with E-state index in [0.29, 0.717) is 5.92 Å². The van der Waals surface area contributed by atoms with Gasteiger partial charge in [-0.3, -0.25) is 9.69 Å². The Morgan fingerprint density at radius 3 is 2.71 bits per heavy atom. The standard InChI is InChI=1S/C10H17NO3/c12-10(13)9-7-8(9)1-2-11-3-5-14-6-4-11/h8-9H,1-7H2,(H,12,13)/t8-,9-/m1/s1. The van der Waals surface area contributed by atoms with Gasteiger partial charge < -0.3 is 9.84 Å². The van der Waals surface area contributed by atoms with E-state index in [9.17, 15) is 4.79 Å². The first-order valence-corrected chi connectivity index (χ1v) is 5.30. The predicted octanol–water partition coefficient (Wildman–Crippen LogP) is 0.429. The van der Waals surface area contributed by atoms with Crippen LogP contribution in [0, 0.1) is 11.8 Å². The minimum Gasteiger partial charge on any atom is -0.481 e. The van der Waals surface area contributed by atoms with E-state index in [1.165, 1.54) is 0 Å². The summed E-state index contributed by atoms with van der Waals surface area (Å²) in [6, 6.07) is 0. The fourth-order valence-corrected chi connectivity index (χ4v) is 2.04. The molecule has 2 atom stereocenters. The predicted molar refractivity (Wildman–Crippen MR) is 51.1 cm³/mol. The molecule has 0 bridgehead atoms. The number of hydrogen-bond donors (Lipinski definition) is 1. The molecule has 2 fully saturated rings. The van der Waals surface area contributed by atoms with E-state index in [4.69, 9.17) is 9.84 Å². The Hall–Kier alpha value is -0.610. The highest BCUT2D eigenvalue weighted by Crippen LogP contribution is 2.41. The largest absolute Gasteiger partial charge is 0.481 e. The molecule has 4 heteroatoms. The van der Waals surface area contributed by atoms with E-state index in [-0.39, 0.29) is 5.92 Å². The first-order chi connectivity index (χ1) is 6.77. The number of nitrogens with zero attached hydrogens (tertiary/aromatic N) is 1. The van der Waals surface area contributed by atoms with Crippen LogP contribution in [0.2, 0.25) is 0 Å². The van der Waals surface area contributed by atoms with Gasteiger partial charge in [-0.25, -0.2) is 0 Å². The molecule has 0 unspecified atom stereocenters. The average molecular weight is 199 g/mol. The lowest BCUT2D eigenvalue weighted by Crippen LogP contribution is -2.37. The van der Waals surface area contributed by atoms with E-state index >= 15 is 0 Å². The topological polar surface area (TPSA) is 49.8 Å². The fourth-order valence-electron chi connectivity index (χ4n) is 2.04. The molecule has 2 rings (SSSR count). The lowest BCUT2D eigenvalue weighted by molar-refractivity contribution is -0.138. The number of aliphatic carboxylic acids is 1. The summed E-state index contributed by atoms with van der Waals surface area (Å²) < 4.78 is 5.25. The van der Waals surface area contributed by atoms with Crippen LogP contribution in [0.25, 0.3) is 0 Å². The normalized spacial score (nSPS) is 32.9. The van der Waals surface area contributed by atoms with Gasteiger partial charge in [-0.1, -0.05) is 0 Å². The molecule has 1 saturated carbocycles. The molecule has 1 N–H and O–H groups in total. The zero-order valence-corrected chi connectivity index (χ0v) is 8.32. The van der Waals surface area contributed by atoms with Crippen molar-refractivity contribution >= 4 is 5.97 Å². The van der Waals surface area contributed by atoms with Gasteiger partial charge in [-0.05, 0) is 25.3 Å². The van der Waals surface area contributed by atoms with E-state index in [1.807, 2.05) is 0 Å². The maximum absolute atomic E-state index is 10.6. The molecule has 0 spiro atoms. The Morgan fingerprint density at radius 2 is 2.14 bits per heavy atom. The van der Waals surface area contributed by atoms with Crippen molar-refractivity contribution in [1.29, 1.82) is 0 Å². The van der Waals surface area contributed by atoms with Crippen molar-refractivity contribution in [3.8, 4) is 0 Å². The summed E-state index contributed by atoms with van der Waals surface area (Å²) in [5.74, 6) is -0.219. The maximum Gasteiger partial charge on any atom is 0.306 e. The molecular formula is C10H17NO3. The molecular weight excluding hydrogens is 182 g/mol. The molecule has 1 heterocycles. The van der Waals surface area contributed by atoms with Gasteiger partial charge in [-0.15, -0.1) is 0 Å². The lowest BCUT2D eigenvalue weighted by Gasteiger charge is -2.26. The zero-order chi connectivity index (χ0) is 9.97. The first-order valence-electron chi connectivity index (χ1n) is 5.30. The SMILES string of the molecule is O=C(O)[C@@H]1C[C@H]1CCN1CCOCC1.